The highest BCUT2D eigenvalue weighted by Gasteiger charge is 2.14. The van der Waals surface area contributed by atoms with Crippen LogP contribution in [-0.4, -0.2) is 26.8 Å². The standard InChI is InChI=1S/C30H25N3O2/c1-21(2)32(35)20-22-9-8-12-25(19-22)29-27-13-6-7-14-28(27)30(34)33(31-29)26-17-15-24(16-18-26)23-10-4-3-5-11-23/h3-21H,1-2H3/b32-20-. The largest absolute Gasteiger partial charge is 0.624 e. The third-order valence-electron chi connectivity index (χ3n) is 5.97. The summed E-state index contributed by atoms with van der Waals surface area (Å²) < 4.78 is 2.39. The summed E-state index contributed by atoms with van der Waals surface area (Å²) in [6.45, 7) is 3.70. The third-order valence-corrected chi connectivity index (χ3v) is 5.97. The number of hydrogen-bond donors (Lipinski definition) is 0. The van der Waals surface area contributed by atoms with Crippen molar-refractivity contribution in [2.75, 3.05) is 0 Å². The van der Waals surface area contributed by atoms with E-state index < -0.39 is 0 Å². The predicted molar refractivity (Wildman–Crippen MR) is 142 cm³/mol. The maximum Gasteiger partial charge on any atom is 0.279 e. The summed E-state index contributed by atoms with van der Waals surface area (Å²) in [5.74, 6) is 0. The zero-order valence-electron chi connectivity index (χ0n) is 19.6. The molecule has 0 aliphatic carbocycles. The van der Waals surface area contributed by atoms with Crippen LogP contribution in [0.4, 0.5) is 0 Å². The Morgan fingerprint density at radius 3 is 2.11 bits per heavy atom. The van der Waals surface area contributed by atoms with Gasteiger partial charge in [0.2, 0.25) is 0 Å². The molecule has 0 unspecified atom stereocenters. The first-order valence-corrected chi connectivity index (χ1v) is 11.6. The molecule has 0 amide bonds. The van der Waals surface area contributed by atoms with E-state index in [0.717, 1.165) is 32.4 Å². The number of aromatic nitrogens is 2. The lowest BCUT2D eigenvalue weighted by molar-refractivity contribution is -0.487. The molecule has 0 aliphatic heterocycles. The zero-order valence-corrected chi connectivity index (χ0v) is 19.6. The fourth-order valence-corrected chi connectivity index (χ4v) is 4.07. The summed E-state index contributed by atoms with van der Waals surface area (Å²) >= 11 is 0. The maximum atomic E-state index is 13.4. The van der Waals surface area contributed by atoms with E-state index in [1.807, 2.05) is 105 Å². The van der Waals surface area contributed by atoms with Gasteiger partial charge in [-0.05, 0) is 55.3 Å². The highest BCUT2D eigenvalue weighted by Crippen LogP contribution is 2.26. The lowest BCUT2D eigenvalue weighted by Gasteiger charge is -2.12. The van der Waals surface area contributed by atoms with Gasteiger partial charge in [0.1, 0.15) is 0 Å². The normalized spacial score (nSPS) is 11.8. The fourth-order valence-electron chi connectivity index (χ4n) is 4.07. The number of hydrogen-bond acceptors (Lipinski definition) is 3. The molecule has 1 heterocycles. The van der Waals surface area contributed by atoms with Gasteiger partial charge in [-0.3, -0.25) is 4.79 Å². The van der Waals surface area contributed by atoms with Gasteiger partial charge in [0, 0.05) is 16.5 Å². The fraction of sp³-hybridized carbons (Fsp3) is 0.100. The van der Waals surface area contributed by atoms with Gasteiger partial charge in [0.25, 0.3) is 5.56 Å². The minimum Gasteiger partial charge on any atom is -0.624 e. The maximum absolute atomic E-state index is 13.4. The van der Waals surface area contributed by atoms with E-state index in [4.69, 9.17) is 5.10 Å². The summed E-state index contributed by atoms with van der Waals surface area (Å²) in [6, 6.07) is 32.9. The topological polar surface area (TPSA) is 61.0 Å². The highest BCUT2D eigenvalue weighted by molar-refractivity contribution is 5.94. The minimum absolute atomic E-state index is 0.154. The summed E-state index contributed by atoms with van der Waals surface area (Å²) in [7, 11) is 0. The Morgan fingerprint density at radius 2 is 1.40 bits per heavy atom. The van der Waals surface area contributed by atoms with Gasteiger partial charge in [-0.2, -0.15) is 9.78 Å². The number of hydroxylamine groups is 1. The molecule has 0 bridgehead atoms. The molecule has 0 radical (unpaired) electrons. The van der Waals surface area contributed by atoms with Crippen LogP contribution in [0, 0.1) is 5.21 Å². The van der Waals surface area contributed by atoms with E-state index in [9.17, 15) is 10.0 Å². The molecule has 0 fully saturated rings. The van der Waals surface area contributed by atoms with Crippen LogP contribution in [0.15, 0.2) is 108 Å². The molecular formula is C30H25N3O2. The average molecular weight is 460 g/mol. The molecule has 0 saturated carbocycles. The molecule has 172 valence electrons. The SMILES string of the molecule is CC(C)/[N+]([O-])=C/c1cccc(-c2nn(-c3ccc(-c4ccccc4)cc3)c(=O)c3ccccc23)c1. The van der Waals surface area contributed by atoms with Crippen molar-refractivity contribution in [2.24, 2.45) is 0 Å². The lowest BCUT2D eigenvalue weighted by Crippen LogP contribution is -2.22. The van der Waals surface area contributed by atoms with Gasteiger partial charge in [0.05, 0.1) is 16.8 Å². The quantitative estimate of drug-likeness (QED) is 0.139. The summed E-state index contributed by atoms with van der Waals surface area (Å²) in [5, 5.41) is 18.3. The molecule has 0 spiro atoms. The van der Waals surface area contributed by atoms with Crippen molar-refractivity contribution in [1.29, 1.82) is 0 Å². The average Bonchev–Trinajstić information content (AvgIpc) is 2.90. The molecular weight excluding hydrogens is 434 g/mol. The molecule has 0 atom stereocenters. The Labute approximate surface area is 203 Å². The van der Waals surface area contributed by atoms with Gasteiger partial charge >= 0.3 is 0 Å². The first-order valence-electron chi connectivity index (χ1n) is 11.6. The van der Waals surface area contributed by atoms with Gasteiger partial charge in [0.15, 0.2) is 12.3 Å². The van der Waals surface area contributed by atoms with Gasteiger partial charge in [-0.15, -0.1) is 0 Å². The van der Waals surface area contributed by atoms with E-state index in [0.29, 0.717) is 16.8 Å². The van der Waals surface area contributed by atoms with Crippen molar-refractivity contribution in [1.82, 2.24) is 9.78 Å². The Hall–Kier alpha value is -4.51. The summed E-state index contributed by atoms with van der Waals surface area (Å²) in [6.07, 6.45) is 1.58. The molecule has 1 aromatic heterocycles. The van der Waals surface area contributed by atoms with Crippen LogP contribution in [-0.2, 0) is 0 Å². The Bertz CT molecular complexity index is 1580. The number of rotatable bonds is 5. The molecule has 5 heteroatoms. The van der Waals surface area contributed by atoms with Crippen molar-refractivity contribution >= 4 is 17.0 Å². The third kappa shape index (κ3) is 4.49. The van der Waals surface area contributed by atoms with Gasteiger partial charge < -0.3 is 5.21 Å². The smallest absolute Gasteiger partial charge is 0.279 e. The number of fused-ring (bicyclic) bond motifs is 1. The highest BCUT2D eigenvalue weighted by atomic mass is 16.5. The lowest BCUT2D eigenvalue weighted by atomic mass is 10.0. The Kier molecular flexibility index (Phi) is 5.98. The van der Waals surface area contributed by atoms with Gasteiger partial charge in [-0.1, -0.05) is 72.8 Å². The molecule has 0 aliphatic rings. The number of nitrogens with zero attached hydrogens (tertiary/aromatic N) is 3. The van der Waals surface area contributed by atoms with Crippen LogP contribution in [0.5, 0.6) is 0 Å². The van der Waals surface area contributed by atoms with E-state index in [2.05, 4.69) is 12.1 Å². The van der Waals surface area contributed by atoms with Crippen molar-refractivity contribution < 1.29 is 4.74 Å². The van der Waals surface area contributed by atoms with E-state index in [1.165, 1.54) is 4.68 Å². The van der Waals surface area contributed by atoms with Gasteiger partial charge in [-0.25, -0.2) is 4.74 Å². The molecule has 0 N–H and O–H groups in total. The molecule has 4 aromatic carbocycles. The Balaban J connectivity index is 1.65. The van der Waals surface area contributed by atoms with Crippen molar-refractivity contribution in [3.63, 3.8) is 0 Å². The Morgan fingerprint density at radius 1 is 0.771 bits per heavy atom. The molecule has 5 nitrogen and oxygen atoms in total. The van der Waals surface area contributed by atoms with E-state index >= 15 is 0 Å². The van der Waals surface area contributed by atoms with Crippen LogP contribution in [0.25, 0.3) is 38.8 Å². The van der Waals surface area contributed by atoms with Crippen molar-refractivity contribution in [2.45, 2.75) is 19.9 Å². The molecule has 0 saturated heterocycles. The monoisotopic (exact) mass is 459 g/mol. The zero-order chi connectivity index (χ0) is 24.4. The molecule has 5 aromatic rings. The molecule has 35 heavy (non-hydrogen) atoms. The van der Waals surface area contributed by atoms with E-state index in [-0.39, 0.29) is 11.6 Å². The van der Waals surface area contributed by atoms with Crippen LogP contribution in [0.2, 0.25) is 0 Å². The summed E-state index contributed by atoms with van der Waals surface area (Å²) in [5.41, 5.74) is 4.99. The second-order valence-electron chi connectivity index (χ2n) is 8.73. The predicted octanol–water partition coefficient (Wildman–Crippen LogP) is 6.06. The van der Waals surface area contributed by atoms with Crippen LogP contribution in [0.1, 0.15) is 19.4 Å². The summed E-state index contributed by atoms with van der Waals surface area (Å²) in [4.78, 5) is 13.4. The molecule has 5 rings (SSSR count). The van der Waals surface area contributed by atoms with Crippen LogP contribution < -0.4 is 5.56 Å². The first-order chi connectivity index (χ1) is 17.0. The van der Waals surface area contributed by atoms with E-state index in [1.54, 1.807) is 6.21 Å². The number of benzene rings is 4. The van der Waals surface area contributed by atoms with Crippen molar-refractivity contribution in [3.05, 3.63) is 124 Å². The first kappa shape index (κ1) is 22.3. The van der Waals surface area contributed by atoms with Crippen molar-refractivity contribution in [3.8, 4) is 28.1 Å². The van der Waals surface area contributed by atoms with Crippen LogP contribution >= 0.6 is 0 Å². The second-order valence-corrected chi connectivity index (χ2v) is 8.73. The van der Waals surface area contributed by atoms with Crippen LogP contribution in [0.3, 0.4) is 0 Å². The minimum atomic E-state index is -0.176. The second kappa shape index (κ2) is 9.39.